The van der Waals surface area contributed by atoms with E-state index in [4.69, 9.17) is 0 Å². The Kier molecular flexibility index (Phi) is 5.36. The quantitative estimate of drug-likeness (QED) is 0.887. The minimum Gasteiger partial charge on any atom is -0.342 e. The second kappa shape index (κ2) is 7.04. The number of hydrogen-bond donors (Lipinski definition) is 1. The van der Waals surface area contributed by atoms with Crippen molar-refractivity contribution in [1.29, 1.82) is 0 Å². The average Bonchev–Trinajstić information content (AvgIpc) is 2.47. The van der Waals surface area contributed by atoms with E-state index in [0.29, 0.717) is 18.0 Å². The summed E-state index contributed by atoms with van der Waals surface area (Å²) in [6.45, 7) is 2.62. The number of carbonyl (C=O) groups excluding carboxylic acids is 1. The summed E-state index contributed by atoms with van der Waals surface area (Å²) in [6.07, 6.45) is 4.60. The van der Waals surface area contributed by atoms with Crippen LogP contribution in [0.4, 0.5) is 0 Å². The fraction of sp³-hybridized carbons (Fsp3) is 0.533. The van der Waals surface area contributed by atoms with E-state index < -0.39 is 9.84 Å². The van der Waals surface area contributed by atoms with Gasteiger partial charge in [-0.05, 0) is 37.0 Å². The van der Waals surface area contributed by atoms with Crippen molar-refractivity contribution in [2.24, 2.45) is 0 Å². The van der Waals surface area contributed by atoms with E-state index in [-0.39, 0.29) is 5.91 Å². The Hall–Kier alpha value is -1.40. The van der Waals surface area contributed by atoms with Crippen LogP contribution in [0, 0.1) is 0 Å². The van der Waals surface area contributed by atoms with E-state index in [9.17, 15) is 13.2 Å². The number of amides is 1. The highest BCUT2D eigenvalue weighted by Gasteiger charge is 2.15. The van der Waals surface area contributed by atoms with E-state index >= 15 is 0 Å². The van der Waals surface area contributed by atoms with Crippen molar-refractivity contribution in [3.8, 4) is 0 Å². The fourth-order valence-electron chi connectivity index (χ4n) is 2.42. The monoisotopic (exact) mass is 310 g/mol. The number of carbonyl (C=O) groups is 1. The second-order valence-corrected chi connectivity index (χ2v) is 7.48. The molecule has 0 aliphatic carbocycles. The second-order valence-electron chi connectivity index (χ2n) is 5.46. The molecule has 0 bridgehead atoms. The lowest BCUT2D eigenvalue weighted by atomic mass is 10.1. The van der Waals surface area contributed by atoms with Crippen LogP contribution in [0.3, 0.4) is 0 Å². The zero-order chi connectivity index (χ0) is 15.3. The van der Waals surface area contributed by atoms with Gasteiger partial charge in [-0.25, -0.2) is 8.42 Å². The third kappa shape index (κ3) is 4.82. The molecule has 0 spiro atoms. The van der Waals surface area contributed by atoms with Crippen molar-refractivity contribution in [1.82, 2.24) is 10.2 Å². The molecule has 5 nitrogen and oxygen atoms in total. The molecule has 0 atom stereocenters. The van der Waals surface area contributed by atoms with Crippen molar-refractivity contribution in [3.05, 3.63) is 29.8 Å². The van der Waals surface area contributed by atoms with Gasteiger partial charge < -0.3 is 10.2 Å². The molecule has 2 rings (SSSR count). The molecule has 21 heavy (non-hydrogen) atoms. The summed E-state index contributed by atoms with van der Waals surface area (Å²) < 4.78 is 22.7. The van der Waals surface area contributed by atoms with Gasteiger partial charge in [-0.3, -0.25) is 4.79 Å². The Balaban J connectivity index is 1.79. The zero-order valence-corrected chi connectivity index (χ0v) is 13.2. The van der Waals surface area contributed by atoms with E-state index in [1.807, 2.05) is 4.90 Å². The van der Waals surface area contributed by atoms with Crippen LogP contribution in [-0.4, -0.2) is 45.1 Å². The third-order valence-electron chi connectivity index (χ3n) is 3.67. The molecule has 116 valence electrons. The van der Waals surface area contributed by atoms with E-state index in [1.165, 1.54) is 12.7 Å². The van der Waals surface area contributed by atoms with Crippen LogP contribution in [-0.2, 0) is 21.2 Å². The Morgan fingerprint density at radius 3 is 2.33 bits per heavy atom. The summed E-state index contributed by atoms with van der Waals surface area (Å²) in [5, 5.41) is 3.12. The molecular weight excluding hydrogens is 288 g/mol. The first-order chi connectivity index (χ1) is 9.97. The summed E-state index contributed by atoms with van der Waals surface area (Å²) in [7, 11) is -3.15. The van der Waals surface area contributed by atoms with Crippen LogP contribution < -0.4 is 5.32 Å². The highest BCUT2D eigenvalue weighted by Crippen LogP contribution is 2.10. The summed E-state index contributed by atoms with van der Waals surface area (Å²) in [5.74, 6) is 0.141. The summed E-state index contributed by atoms with van der Waals surface area (Å²) in [5.41, 5.74) is 0.967. The highest BCUT2D eigenvalue weighted by atomic mass is 32.2. The largest absolute Gasteiger partial charge is 0.342 e. The minimum absolute atomic E-state index is 0.141. The Labute approximate surface area is 126 Å². The lowest BCUT2D eigenvalue weighted by Gasteiger charge is -2.26. The van der Waals surface area contributed by atoms with Gasteiger partial charge in [0.1, 0.15) is 0 Å². The SMILES string of the molecule is CS(=O)(=O)c1ccc(CNCC(=O)N2CCCCC2)cc1. The maximum atomic E-state index is 12.0. The number of sulfone groups is 1. The number of likely N-dealkylation sites (tertiary alicyclic amines) is 1. The van der Waals surface area contributed by atoms with E-state index in [2.05, 4.69) is 5.32 Å². The maximum absolute atomic E-state index is 12.0. The molecular formula is C15H22N2O3S. The molecule has 0 saturated carbocycles. The van der Waals surface area contributed by atoms with Crippen molar-refractivity contribution >= 4 is 15.7 Å². The Morgan fingerprint density at radius 1 is 1.14 bits per heavy atom. The predicted molar refractivity (Wildman–Crippen MR) is 81.7 cm³/mol. The molecule has 1 saturated heterocycles. The van der Waals surface area contributed by atoms with Crippen LogP contribution >= 0.6 is 0 Å². The maximum Gasteiger partial charge on any atom is 0.236 e. The number of hydrogen-bond acceptors (Lipinski definition) is 4. The first-order valence-electron chi connectivity index (χ1n) is 7.24. The molecule has 1 fully saturated rings. The van der Waals surface area contributed by atoms with Crippen LogP contribution in [0.15, 0.2) is 29.2 Å². The van der Waals surface area contributed by atoms with Gasteiger partial charge in [-0.15, -0.1) is 0 Å². The highest BCUT2D eigenvalue weighted by molar-refractivity contribution is 7.90. The van der Waals surface area contributed by atoms with E-state index in [0.717, 1.165) is 31.5 Å². The molecule has 1 N–H and O–H groups in total. The molecule has 1 aromatic carbocycles. The molecule has 1 aliphatic heterocycles. The zero-order valence-electron chi connectivity index (χ0n) is 12.3. The van der Waals surface area contributed by atoms with Gasteiger partial charge in [0.15, 0.2) is 9.84 Å². The van der Waals surface area contributed by atoms with Crippen molar-refractivity contribution in [2.75, 3.05) is 25.9 Å². The molecule has 0 aromatic heterocycles. The first kappa shape index (κ1) is 16.0. The van der Waals surface area contributed by atoms with Gasteiger partial charge in [-0.1, -0.05) is 12.1 Å². The molecule has 1 aromatic rings. The Bertz CT molecular complexity index is 575. The van der Waals surface area contributed by atoms with Gasteiger partial charge in [0, 0.05) is 25.9 Å². The van der Waals surface area contributed by atoms with Crippen molar-refractivity contribution in [2.45, 2.75) is 30.7 Å². The minimum atomic E-state index is -3.15. The number of nitrogens with one attached hydrogen (secondary N) is 1. The van der Waals surface area contributed by atoms with Crippen LogP contribution in [0.25, 0.3) is 0 Å². The number of benzene rings is 1. The summed E-state index contributed by atoms with van der Waals surface area (Å²) >= 11 is 0. The lowest BCUT2D eigenvalue weighted by molar-refractivity contribution is -0.131. The van der Waals surface area contributed by atoms with Crippen LogP contribution in [0.1, 0.15) is 24.8 Å². The molecule has 1 amide bonds. The standard InChI is InChI=1S/C15H22N2O3S/c1-21(19,20)14-7-5-13(6-8-14)11-16-12-15(18)17-9-3-2-4-10-17/h5-8,16H,2-4,9-12H2,1H3. The summed E-state index contributed by atoms with van der Waals surface area (Å²) in [6, 6.07) is 6.74. The van der Waals surface area contributed by atoms with Crippen molar-refractivity contribution in [3.63, 3.8) is 0 Å². The lowest BCUT2D eigenvalue weighted by Crippen LogP contribution is -2.40. The molecule has 1 aliphatic rings. The van der Waals surface area contributed by atoms with Gasteiger partial charge >= 0.3 is 0 Å². The smallest absolute Gasteiger partial charge is 0.236 e. The van der Waals surface area contributed by atoms with Gasteiger partial charge in [0.05, 0.1) is 11.4 Å². The van der Waals surface area contributed by atoms with Crippen LogP contribution in [0.5, 0.6) is 0 Å². The summed E-state index contributed by atoms with van der Waals surface area (Å²) in [4.78, 5) is 14.2. The molecule has 0 radical (unpaired) electrons. The molecule has 6 heteroatoms. The first-order valence-corrected chi connectivity index (χ1v) is 9.13. The van der Waals surface area contributed by atoms with Gasteiger partial charge in [0.25, 0.3) is 0 Å². The van der Waals surface area contributed by atoms with Crippen molar-refractivity contribution < 1.29 is 13.2 Å². The Morgan fingerprint density at radius 2 is 1.76 bits per heavy atom. The average molecular weight is 310 g/mol. The normalized spacial score (nSPS) is 16.0. The fourth-order valence-corrected chi connectivity index (χ4v) is 3.05. The molecule has 1 heterocycles. The number of piperidine rings is 1. The van der Waals surface area contributed by atoms with Gasteiger partial charge in [0.2, 0.25) is 5.91 Å². The third-order valence-corrected chi connectivity index (χ3v) is 4.79. The van der Waals surface area contributed by atoms with Crippen LogP contribution in [0.2, 0.25) is 0 Å². The van der Waals surface area contributed by atoms with E-state index in [1.54, 1.807) is 24.3 Å². The van der Waals surface area contributed by atoms with Gasteiger partial charge in [-0.2, -0.15) is 0 Å². The predicted octanol–water partition coefficient (Wildman–Crippen LogP) is 1.19. The molecule has 0 unspecified atom stereocenters. The number of rotatable bonds is 5. The number of nitrogens with zero attached hydrogens (tertiary/aromatic N) is 1. The topological polar surface area (TPSA) is 66.5 Å².